The van der Waals surface area contributed by atoms with Crippen molar-refractivity contribution in [3.05, 3.63) is 46.2 Å². The predicted octanol–water partition coefficient (Wildman–Crippen LogP) is 3.25. The molecule has 0 fully saturated rings. The highest BCUT2D eigenvalue weighted by molar-refractivity contribution is 7.99. The molecule has 34 heavy (non-hydrogen) atoms. The molecule has 10 nitrogen and oxygen atoms in total. The van der Waals surface area contributed by atoms with E-state index in [9.17, 15) is 18.0 Å². The number of thiazole rings is 1. The highest BCUT2D eigenvalue weighted by Crippen LogP contribution is 2.25. The second-order valence-corrected chi connectivity index (χ2v) is 11.1. The van der Waals surface area contributed by atoms with Gasteiger partial charge >= 0.3 is 5.97 Å². The van der Waals surface area contributed by atoms with Gasteiger partial charge in [-0.2, -0.15) is 0 Å². The molecule has 0 aliphatic rings. The quantitative estimate of drug-likeness (QED) is 0.314. The molecule has 0 aliphatic heterocycles. The van der Waals surface area contributed by atoms with Gasteiger partial charge in [0.2, 0.25) is 5.91 Å². The molecular formula is C21H25N5O5S3. The predicted molar refractivity (Wildman–Crippen MR) is 130 cm³/mol. The Labute approximate surface area is 206 Å². The van der Waals surface area contributed by atoms with Crippen LogP contribution in [0.5, 0.6) is 0 Å². The SMILES string of the molecule is CCOC(=O)c1sc(NC(=O)CSc2nnc(CS(=O)(=O)c3ccc(C)cc3)n2CC)nc1C. The summed E-state index contributed by atoms with van der Waals surface area (Å²) in [6, 6.07) is 6.64. The summed E-state index contributed by atoms with van der Waals surface area (Å²) >= 11 is 2.18. The zero-order valence-corrected chi connectivity index (χ0v) is 21.6. The summed E-state index contributed by atoms with van der Waals surface area (Å²) in [6.45, 7) is 7.82. The van der Waals surface area contributed by atoms with Crippen molar-refractivity contribution >= 4 is 49.9 Å². The van der Waals surface area contributed by atoms with E-state index in [0.29, 0.717) is 33.2 Å². The van der Waals surface area contributed by atoms with Crippen LogP contribution in [0.25, 0.3) is 0 Å². The van der Waals surface area contributed by atoms with E-state index in [4.69, 9.17) is 4.74 Å². The van der Waals surface area contributed by atoms with Crippen LogP contribution in [-0.2, 0) is 31.7 Å². The molecule has 0 spiro atoms. The van der Waals surface area contributed by atoms with Gasteiger partial charge in [0.1, 0.15) is 16.5 Å². The number of sulfone groups is 1. The summed E-state index contributed by atoms with van der Waals surface area (Å²) in [7, 11) is -3.59. The Morgan fingerprint density at radius 2 is 1.85 bits per heavy atom. The average molecular weight is 524 g/mol. The molecule has 3 rings (SSSR count). The number of esters is 1. The third kappa shape index (κ3) is 6.21. The fourth-order valence-corrected chi connectivity index (χ4v) is 5.94. The number of hydrogen-bond acceptors (Lipinski definition) is 10. The number of carbonyl (C=O) groups is 2. The van der Waals surface area contributed by atoms with Gasteiger partial charge in [0.15, 0.2) is 20.1 Å². The van der Waals surface area contributed by atoms with Gasteiger partial charge in [0.25, 0.3) is 0 Å². The largest absolute Gasteiger partial charge is 0.462 e. The van der Waals surface area contributed by atoms with Crippen molar-refractivity contribution in [3.63, 3.8) is 0 Å². The van der Waals surface area contributed by atoms with Gasteiger partial charge < -0.3 is 14.6 Å². The maximum atomic E-state index is 12.8. The van der Waals surface area contributed by atoms with Crippen molar-refractivity contribution in [3.8, 4) is 0 Å². The molecule has 1 N–H and O–H groups in total. The van der Waals surface area contributed by atoms with Gasteiger partial charge in [-0.25, -0.2) is 18.2 Å². The Kier molecular flexibility index (Phi) is 8.44. The summed E-state index contributed by atoms with van der Waals surface area (Å²) in [5.41, 5.74) is 1.45. The molecule has 0 saturated heterocycles. The van der Waals surface area contributed by atoms with Gasteiger partial charge in [-0.05, 0) is 39.8 Å². The monoisotopic (exact) mass is 523 g/mol. The Morgan fingerprint density at radius 1 is 1.15 bits per heavy atom. The van der Waals surface area contributed by atoms with E-state index < -0.39 is 15.8 Å². The van der Waals surface area contributed by atoms with Crippen LogP contribution < -0.4 is 5.32 Å². The van der Waals surface area contributed by atoms with Crippen molar-refractivity contribution < 1.29 is 22.7 Å². The lowest BCUT2D eigenvalue weighted by atomic mass is 10.2. The fraction of sp³-hybridized carbons (Fsp3) is 0.381. The zero-order valence-electron chi connectivity index (χ0n) is 19.2. The van der Waals surface area contributed by atoms with Crippen molar-refractivity contribution in [2.75, 3.05) is 17.7 Å². The third-order valence-corrected chi connectivity index (χ3v) is 8.29. The van der Waals surface area contributed by atoms with Gasteiger partial charge in [-0.1, -0.05) is 40.8 Å². The molecule has 0 aliphatic carbocycles. The van der Waals surface area contributed by atoms with Crippen LogP contribution in [0, 0.1) is 13.8 Å². The number of nitrogens with zero attached hydrogens (tertiary/aromatic N) is 4. The first-order valence-corrected chi connectivity index (χ1v) is 13.9. The van der Waals surface area contributed by atoms with E-state index in [1.165, 1.54) is 0 Å². The third-order valence-electron chi connectivity index (χ3n) is 4.65. The number of rotatable bonds is 10. The molecule has 0 bridgehead atoms. The van der Waals surface area contributed by atoms with Crippen molar-refractivity contribution in [2.24, 2.45) is 0 Å². The second-order valence-electron chi connectivity index (χ2n) is 7.21. The number of aromatic nitrogens is 4. The second kappa shape index (κ2) is 11.1. The van der Waals surface area contributed by atoms with E-state index in [2.05, 4.69) is 20.5 Å². The lowest BCUT2D eigenvalue weighted by Gasteiger charge is -2.08. The Morgan fingerprint density at radius 3 is 2.50 bits per heavy atom. The van der Waals surface area contributed by atoms with Crippen LogP contribution >= 0.6 is 23.1 Å². The van der Waals surface area contributed by atoms with Gasteiger partial charge in [0, 0.05) is 6.54 Å². The molecule has 1 amide bonds. The molecule has 182 valence electrons. The summed E-state index contributed by atoms with van der Waals surface area (Å²) in [4.78, 5) is 29.1. The molecular weight excluding hydrogens is 498 g/mol. The van der Waals surface area contributed by atoms with E-state index in [-0.39, 0.29) is 28.9 Å². The van der Waals surface area contributed by atoms with Crippen LogP contribution in [0.1, 0.15) is 40.6 Å². The van der Waals surface area contributed by atoms with Gasteiger partial charge in [-0.3, -0.25) is 4.79 Å². The van der Waals surface area contributed by atoms with Crippen LogP contribution in [0.2, 0.25) is 0 Å². The molecule has 0 saturated carbocycles. The van der Waals surface area contributed by atoms with Crippen LogP contribution in [0.3, 0.4) is 0 Å². The maximum absolute atomic E-state index is 12.8. The molecule has 3 aromatic rings. The molecule has 1 aromatic carbocycles. The maximum Gasteiger partial charge on any atom is 0.350 e. The van der Waals surface area contributed by atoms with E-state index >= 15 is 0 Å². The Hall–Kier alpha value is -2.77. The first kappa shape index (κ1) is 25.8. The lowest BCUT2D eigenvalue weighted by Crippen LogP contribution is -2.15. The van der Waals surface area contributed by atoms with Gasteiger partial charge in [-0.15, -0.1) is 10.2 Å². The highest BCUT2D eigenvalue weighted by atomic mass is 32.2. The summed E-state index contributed by atoms with van der Waals surface area (Å²) in [5, 5.41) is 11.5. The number of thioether (sulfide) groups is 1. The zero-order chi connectivity index (χ0) is 24.9. The van der Waals surface area contributed by atoms with E-state index in [1.807, 2.05) is 13.8 Å². The van der Waals surface area contributed by atoms with Crippen molar-refractivity contribution in [1.82, 2.24) is 19.7 Å². The van der Waals surface area contributed by atoms with Crippen molar-refractivity contribution in [2.45, 2.75) is 50.0 Å². The molecule has 0 radical (unpaired) electrons. The van der Waals surface area contributed by atoms with Crippen molar-refractivity contribution in [1.29, 1.82) is 0 Å². The molecule has 13 heteroatoms. The first-order chi connectivity index (χ1) is 16.1. The summed E-state index contributed by atoms with van der Waals surface area (Å²) in [6.07, 6.45) is 0. The number of benzene rings is 1. The van der Waals surface area contributed by atoms with Gasteiger partial charge in [0.05, 0.1) is 22.9 Å². The topological polar surface area (TPSA) is 133 Å². The Bertz CT molecular complexity index is 1280. The lowest BCUT2D eigenvalue weighted by molar-refractivity contribution is -0.113. The van der Waals surface area contributed by atoms with Crippen LogP contribution in [0.4, 0.5) is 5.13 Å². The molecule has 0 atom stereocenters. The fourth-order valence-electron chi connectivity index (χ4n) is 2.97. The molecule has 2 aromatic heterocycles. The van der Waals surface area contributed by atoms with Crippen LogP contribution in [-0.4, -0.2) is 52.4 Å². The number of anilines is 1. The Balaban J connectivity index is 1.65. The van der Waals surface area contributed by atoms with E-state index in [0.717, 1.165) is 28.7 Å². The average Bonchev–Trinajstić information content (AvgIpc) is 3.34. The summed E-state index contributed by atoms with van der Waals surface area (Å²) in [5.74, 6) is -0.791. The molecule has 2 heterocycles. The standard InChI is InChI=1S/C21H25N5O5S3/c1-5-26-16(12-34(29,30)15-9-7-13(3)8-10-15)24-25-21(26)32-11-17(27)23-20-22-14(4)18(33-20)19(28)31-6-2/h7-10H,5-6,11-12H2,1-4H3,(H,22,23,27). The number of carbonyl (C=O) groups excluding carboxylic acids is 2. The number of amides is 1. The minimum atomic E-state index is -3.59. The molecule has 0 unspecified atom stereocenters. The van der Waals surface area contributed by atoms with Crippen LogP contribution in [0.15, 0.2) is 34.3 Å². The number of aryl methyl sites for hydroxylation is 2. The first-order valence-electron chi connectivity index (χ1n) is 10.4. The normalized spacial score (nSPS) is 11.4. The minimum Gasteiger partial charge on any atom is -0.462 e. The summed E-state index contributed by atoms with van der Waals surface area (Å²) < 4.78 is 32.2. The smallest absolute Gasteiger partial charge is 0.350 e. The minimum absolute atomic E-state index is 0.0101. The van der Waals surface area contributed by atoms with E-state index in [1.54, 1.807) is 42.7 Å². The number of ether oxygens (including phenoxy) is 1. The number of nitrogens with one attached hydrogen (secondary N) is 1. The number of hydrogen-bond donors (Lipinski definition) is 1. The highest BCUT2D eigenvalue weighted by Gasteiger charge is 2.22.